The molecule has 0 radical (unpaired) electrons. The van der Waals surface area contributed by atoms with Crippen LogP contribution in [0.4, 0.5) is 13.2 Å². The lowest BCUT2D eigenvalue weighted by Gasteiger charge is -2.25. The molecule has 0 saturated heterocycles. The molecule has 1 N–H and O–H groups in total. The van der Waals surface area contributed by atoms with E-state index < -0.39 is 29.5 Å². The van der Waals surface area contributed by atoms with Crippen LogP contribution >= 0.6 is 0 Å². The predicted molar refractivity (Wildman–Crippen MR) is 85.3 cm³/mol. The lowest BCUT2D eigenvalue weighted by Crippen LogP contribution is -2.38. The molecule has 1 aromatic rings. The zero-order chi connectivity index (χ0) is 19.0. The van der Waals surface area contributed by atoms with Crippen molar-refractivity contribution in [3.05, 3.63) is 35.4 Å². The maximum atomic E-state index is 12.6. The summed E-state index contributed by atoms with van der Waals surface area (Å²) in [6, 6.07) is 3.89. The number of amides is 1. The van der Waals surface area contributed by atoms with Crippen LogP contribution in [0.1, 0.15) is 36.2 Å². The number of hydrogen-bond donors (Lipinski definition) is 1. The topological polar surface area (TPSA) is 66.8 Å². The van der Waals surface area contributed by atoms with Crippen molar-refractivity contribution in [2.45, 2.75) is 26.4 Å². The fraction of sp³-hybridized carbons (Fsp3) is 0.529. The van der Waals surface area contributed by atoms with E-state index in [1.165, 1.54) is 11.8 Å². The van der Waals surface area contributed by atoms with Gasteiger partial charge in [0.15, 0.2) is 0 Å². The standard InChI is InChI=1S/C17H22F3NO4/c1-3-25-10-4-9-21(11-12(2)16(23)24)15(22)13-5-7-14(8-6-13)17(18,19)20/h5-8,12H,3-4,9-11H2,1-2H3,(H,23,24). The highest BCUT2D eigenvalue weighted by Gasteiger charge is 2.30. The molecule has 0 aliphatic rings. The van der Waals surface area contributed by atoms with E-state index in [0.717, 1.165) is 24.3 Å². The molecule has 5 nitrogen and oxygen atoms in total. The zero-order valence-corrected chi connectivity index (χ0v) is 14.2. The smallest absolute Gasteiger partial charge is 0.416 e. The van der Waals surface area contributed by atoms with Gasteiger partial charge in [-0.05, 0) is 37.6 Å². The number of hydrogen-bond acceptors (Lipinski definition) is 3. The summed E-state index contributed by atoms with van der Waals surface area (Å²) >= 11 is 0. The predicted octanol–water partition coefficient (Wildman–Crippen LogP) is 3.29. The molecule has 1 aromatic carbocycles. The van der Waals surface area contributed by atoms with Gasteiger partial charge in [-0.1, -0.05) is 6.92 Å². The van der Waals surface area contributed by atoms with E-state index in [4.69, 9.17) is 9.84 Å². The van der Waals surface area contributed by atoms with Crippen LogP contribution in [0, 0.1) is 5.92 Å². The second-order valence-corrected chi connectivity index (χ2v) is 5.62. The molecule has 0 spiro atoms. The minimum absolute atomic E-state index is 0.0265. The molecule has 0 saturated carbocycles. The molecule has 1 amide bonds. The Morgan fingerprint density at radius 2 is 1.84 bits per heavy atom. The van der Waals surface area contributed by atoms with Gasteiger partial charge in [0.1, 0.15) is 0 Å². The second-order valence-electron chi connectivity index (χ2n) is 5.62. The van der Waals surface area contributed by atoms with E-state index in [-0.39, 0.29) is 18.7 Å². The van der Waals surface area contributed by atoms with Crippen LogP contribution in [-0.2, 0) is 15.7 Å². The van der Waals surface area contributed by atoms with Crippen LogP contribution in [0.5, 0.6) is 0 Å². The molecule has 25 heavy (non-hydrogen) atoms. The Kier molecular flexibility index (Phi) is 7.89. The Morgan fingerprint density at radius 1 is 1.24 bits per heavy atom. The van der Waals surface area contributed by atoms with Gasteiger partial charge in [0.2, 0.25) is 0 Å². The van der Waals surface area contributed by atoms with Crippen LogP contribution in [0.2, 0.25) is 0 Å². The number of rotatable bonds is 9. The first-order chi connectivity index (χ1) is 11.7. The van der Waals surface area contributed by atoms with Crippen molar-refractivity contribution in [2.75, 3.05) is 26.3 Å². The maximum absolute atomic E-state index is 12.6. The van der Waals surface area contributed by atoms with Crippen LogP contribution in [0.15, 0.2) is 24.3 Å². The average Bonchev–Trinajstić information content (AvgIpc) is 2.56. The van der Waals surface area contributed by atoms with Crippen LogP contribution in [0.3, 0.4) is 0 Å². The van der Waals surface area contributed by atoms with Gasteiger partial charge in [-0.3, -0.25) is 9.59 Å². The first-order valence-electron chi connectivity index (χ1n) is 7.93. The third-order valence-corrected chi connectivity index (χ3v) is 3.58. The molecule has 8 heteroatoms. The minimum Gasteiger partial charge on any atom is -0.481 e. The van der Waals surface area contributed by atoms with Crippen molar-refractivity contribution < 1.29 is 32.6 Å². The van der Waals surface area contributed by atoms with Gasteiger partial charge in [-0.25, -0.2) is 0 Å². The summed E-state index contributed by atoms with van der Waals surface area (Å²) in [6.07, 6.45) is -3.97. The summed E-state index contributed by atoms with van der Waals surface area (Å²) in [5.41, 5.74) is -0.757. The van der Waals surface area contributed by atoms with Crippen LogP contribution in [0.25, 0.3) is 0 Å². The van der Waals surface area contributed by atoms with E-state index in [0.29, 0.717) is 19.6 Å². The van der Waals surface area contributed by atoms with Crippen molar-refractivity contribution in [2.24, 2.45) is 5.92 Å². The van der Waals surface area contributed by atoms with Crippen molar-refractivity contribution in [1.29, 1.82) is 0 Å². The summed E-state index contributed by atoms with van der Waals surface area (Å²) in [5.74, 6) is -2.33. The number of carboxylic acids is 1. The fourth-order valence-corrected chi connectivity index (χ4v) is 2.17. The molecule has 140 valence electrons. The summed E-state index contributed by atoms with van der Waals surface area (Å²) in [6.45, 7) is 4.47. The van der Waals surface area contributed by atoms with E-state index in [2.05, 4.69) is 0 Å². The summed E-state index contributed by atoms with van der Waals surface area (Å²) in [7, 11) is 0. The number of carbonyl (C=O) groups excluding carboxylic acids is 1. The number of halogens is 3. The van der Waals surface area contributed by atoms with E-state index in [1.54, 1.807) is 0 Å². The first-order valence-corrected chi connectivity index (χ1v) is 7.93. The van der Waals surface area contributed by atoms with Gasteiger partial charge < -0.3 is 14.7 Å². The number of alkyl halides is 3. The van der Waals surface area contributed by atoms with Crippen molar-refractivity contribution >= 4 is 11.9 Å². The Bertz CT molecular complexity index is 572. The third kappa shape index (κ3) is 6.74. The summed E-state index contributed by atoms with van der Waals surface area (Å²) in [5, 5.41) is 9.03. The number of nitrogens with zero attached hydrogens (tertiary/aromatic N) is 1. The second kappa shape index (κ2) is 9.41. The SMILES string of the molecule is CCOCCCN(CC(C)C(=O)O)C(=O)c1ccc(C(F)(F)F)cc1. The van der Waals surface area contributed by atoms with Crippen molar-refractivity contribution in [3.8, 4) is 0 Å². The highest BCUT2D eigenvalue weighted by atomic mass is 19.4. The van der Waals surface area contributed by atoms with Crippen LogP contribution < -0.4 is 0 Å². The highest BCUT2D eigenvalue weighted by Crippen LogP contribution is 2.29. The molecular formula is C17H22F3NO4. The molecule has 1 rings (SSSR count). The Balaban J connectivity index is 2.87. The highest BCUT2D eigenvalue weighted by molar-refractivity contribution is 5.94. The van der Waals surface area contributed by atoms with Gasteiger partial charge in [0.25, 0.3) is 5.91 Å². The molecule has 1 atom stereocenters. The van der Waals surface area contributed by atoms with Gasteiger partial charge in [-0.15, -0.1) is 0 Å². The fourth-order valence-electron chi connectivity index (χ4n) is 2.17. The monoisotopic (exact) mass is 361 g/mol. The largest absolute Gasteiger partial charge is 0.481 e. The molecule has 1 unspecified atom stereocenters. The Labute approximate surface area is 144 Å². The van der Waals surface area contributed by atoms with Gasteiger partial charge in [0, 0.05) is 31.9 Å². The van der Waals surface area contributed by atoms with Gasteiger partial charge in [0.05, 0.1) is 11.5 Å². The number of benzene rings is 1. The molecule has 0 heterocycles. The van der Waals surface area contributed by atoms with Gasteiger partial charge >= 0.3 is 12.1 Å². The summed E-state index contributed by atoms with van der Waals surface area (Å²) in [4.78, 5) is 24.9. The molecule has 0 aliphatic carbocycles. The lowest BCUT2D eigenvalue weighted by atomic mass is 10.1. The van der Waals surface area contributed by atoms with Crippen molar-refractivity contribution in [3.63, 3.8) is 0 Å². The normalized spacial score (nSPS) is 12.7. The quantitative estimate of drug-likeness (QED) is 0.686. The zero-order valence-electron chi connectivity index (χ0n) is 14.2. The molecule has 0 aromatic heterocycles. The molecular weight excluding hydrogens is 339 g/mol. The lowest BCUT2D eigenvalue weighted by molar-refractivity contribution is -0.141. The van der Waals surface area contributed by atoms with E-state index >= 15 is 0 Å². The minimum atomic E-state index is -4.48. The molecule has 0 aliphatic heterocycles. The Hall–Kier alpha value is -2.09. The van der Waals surface area contributed by atoms with E-state index in [1.807, 2.05) is 6.92 Å². The number of aliphatic carboxylic acids is 1. The number of carbonyl (C=O) groups is 2. The first kappa shape index (κ1) is 21.0. The Morgan fingerprint density at radius 3 is 2.32 bits per heavy atom. The maximum Gasteiger partial charge on any atom is 0.416 e. The average molecular weight is 361 g/mol. The summed E-state index contributed by atoms with van der Waals surface area (Å²) < 4.78 is 43.0. The van der Waals surface area contributed by atoms with Crippen LogP contribution in [-0.4, -0.2) is 48.2 Å². The number of carboxylic acid groups (broad SMARTS) is 1. The van der Waals surface area contributed by atoms with Crippen molar-refractivity contribution in [1.82, 2.24) is 4.90 Å². The molecule has 0 bridgehead atoms. The molecule has 0 fully saturated rings. The third-order valence-electron chi connectivity index (χ3n) is 3.58. The van der Waals surface area contributed by atoms with E-state index in [9.17, 15) is 22.8 Å². The van der Waals surface area contributed by atoms with Gasteiger partial charge in [-0.2, -0.15) is 13.2 Å². The number of ether oxygens (including phenoxy) is 1.